The first-order chi connectivity index (χ1) is 7.54. The van der Waals surface area contributed by atoms with E-state index >= 15 is 0 Å². The smallest absolute Gasteiger partial charge is 0.311 e. The molecule has 0 fully saturated rings. The lowest BCUT2D eigenvalue weighted by Gasteiger charge is -2.38. The van der Waals surface area contributed by atoms with E-state index in [9.17, 15) is 0 Å². The van der Waals surface area contributed by atoms with Crippen LogP contribution in [-0.4, -0.2) is 37.9 Å². The quantitative estimate of drug-likeness (QED) is 0.672. The summed E-state index contributed by atoms with van der Waals surface area (Å²) in [6, 6.07) is 1.11. The number of rotatable bonds is 8. The van der Waals surface area contributed by atoms with Crippen LogP contribution in [0.2, 0.25) is 45.3 Å². The predicted molar refractivity (Wildman–Crippen MR) is 82.1 cm³/mol. The van der Waals surface area contributed by atoms with Crippen LogP contribution in [0.25, 0.3) is 0 Å². The Hall–Kier alpha value is 0.491. The number of hydrogen-bond acceptors (Lipinski definition) is 4. The van der Waals surface area contributed by atoms with Gasteiger partial charge in [-0.3, -0.25) is 0 Å². The molecule has 0 rings (SSSR count). The van der Waals surface area contributed by atoms with Crippen molar-refractivity contribution >= 4 is 25.2 Å². The summed E-state index contributed by atoms with van der Waals surface area (Å²) in [5, 5.41) is 0. The van der Waals surface area contributed by atoms with Crippen molar-refractivity contribution in [2.75, 3.05) is 12.7 Å². The molecule has 0 aromatic heterocycles. The normalized spacial score (nSPS) is 14.1. The van der Waals surface area contributed by atoms with Gasteiger partial charge in [-0.2, -0.15) is 0 Å². The first-order valence-corrected chi connectivity index (χ1v) is 15.4. The van der Waals surface area contributed by atoms with E-state index in [1.54, 1.807) is 0 Å². The third-order valence-electron chi connectivity index (χ3n) is 2.52. The molecule has 0 saturated carbocycles. The molecule has 0 spiro atoms. The molecular weight excluding hydrogens is 264 g/mol. The summed E-state index contributed by atoms with van der Waals surface area (Å²) in [4.78, 5) is 0. The van der Waals surface area contributed by atoms with Crippen molar-refractivity contribution in [1.82, 2.24) is 0 Å². The summed E-state index contributed by atoms with van der Waals surface area (Å²) in [7, 11) is -5.41. The van der Waals surface area contributed by atoms with Gasteiger partial charge in [0.05, 0.1) is 0 Å². The Morgan fingerprint density at radius 2 is 1.29 bits per heavy atom. The molecule has 0 heterocycles. The molecule has 0 aliphatic rings. The monoisotopic (exact) mass is 294 g/mol. The van der Waals surface area contributed by atoms with Gasteiger partial charge < -0.3 is 19.7 Å². The molecule has 17 heavy (non-hydrogen) atoms. The zero-order valence-corrected chi connectivity index (χ0v) is 15.3. The van der Waals surface area contributed by atoms with Crippen LogP contribution in [0.3, 0.4) is 0 Å². The van der Waals surface area contributed by atoms with E-state index in [0.717, 1.165) is 19.0 Å². The Morgan fingerprint density at radius 1 is 0.824 bits per heavy atom. The molecule has 4 nitrogen and oxygen atoms in total. The molecule has 0 atom stereocenters. The summed E-state index contributed by atoms with van der Waals surface area (Å²) < 4.78 is 12.6. The van der Waals surface area contributed by atoms with Crippen molar-refractivity contribution < 1.29 is 8.23 Å². The van der Waals surface area contributed by atoms with Gasteiger partial charge in [0.2, 0.25) is 0 Å². The van der Waals surface area contributed by atoms with E-state index in [4.69, 9.17) is 19.7 Å². The molecule has 0 saturated heterocycles. The second kappa shape index (κ2) is 6.60. The first kappa shape index (κ1) is 17.5. The second-order valence-corrected chi connectivity index (χ2v) is 18.6. The molecule has 4 N–H and O–H groups in total. The van der Waals surface area contributed by atoms with Crippen LogP contribution >= 0.6 is 0 Å². The fourth-order valence-electron chi connectivity index (χ4n) is 1.97. The number of nitrogens with two attached hydrogens (primary N) is 2. The van der Waals surface area contributed by atoms with Gasteiger partial charge in [-0.25, -0.2) is 0 Å². The Bertz CT molecular complexity index is 236. The van der Waals surface area contributed by atoms with Crippen molar-refractivity contribution in [2.24, 2.45) is 11.5 Å². The van der Waals surface area contributed by atoms with Gasteiger partial charge in [-0.15, -0.1) is 0 Å². The highest BCUT2D eigenvalue weighted by molar-refractivity contribution is 6.87. The zero-order valence-electron chi connectivity index (χ0n) is 12.3. The van der Waals surface area contributed by atoms with E-state index in [1.165, 1.54) is 0 Å². The van der Waals surface area contributed by atoms with Crippen LogP contribution < -0.4 is 11.5 Å². The average Bonchev–Trinajstić information content (AvgIpc) is 2.11. The first-order valence-electron chi connectivity index (χ1n) is 6.34. The van der Waals surface area contributed by atoms with Crippen molar-refractivity contribution in [3.8, 4) is 0 Å². The predicted octanol–water partition coefficient (Wildman–Crippen LogP) is 1.98. The summed E-state index contributed by atoms with van der Waals surface area (Å²) in [6.07, 6.45) is 1.69. The lowest BCUT2D eigenvalue weighted by atomic mass is 10.5. The molecule has 0 unspecified atom stereocenters. The maximum absolute atomic E-state index is 6.34. The molecule has 0 aliphatic heterocycles. The van der Waals surface area contributed by atoms with Crippen LogP contribution in [0.5, 0.6) is 0 Å². The largest absolute Gasteiger partial charge is 0.437 e. The minimum Gasteiger partial charge on any atom is -0.437 e. The third-order valence-corrected chi connectivity index (χ3v) is 13.4. The van der Waals surface area contributed by atoms with E-state index < -0.39 is 25.2 Å². The SMILES string of the molecule is C[Si](C)(CN)O[Si](C)(C)O[Si](C)(C)CCCN. The fourth-order valence-corrected chi connectivity index (χ4v) is 15.0. The Kier molecular flexibility index (Phi) is 6.79. The van der Waals surface area contributed by atoms with Crippen molar-refractivity contribution in [3.05, 3.63) is 0 Å². The Morgan fingerprint density at radius 3 is 1.71 bits per heavy atom. The molecule has 7 heteroatoms. The fraction of sp³-hybridized carbons (Fsp3) is 1.00. The molecule has 0 amide bonds. The van der Waals surface area contributed by atoms with Crippen LogP contribution in [0.4, 0.5) is 0 Å². The number of hydrogen-bond donors (Lipinski definition) is 2. The van der Waals surface area contributed by atoms with E-state index in [1.807, 2.05) is 0 Å². The van der Waals surface area contributed by atoms with Crippen molar-refractivity contribution in [3.63, 3.8) is 0 Å². The van der Waals surface area contributed by atoms with Crippen LogP contribution in [0.15, 0.2) is 0 Å². The zero-order chi connectivity index (χ0) is 13.7. The maximum atomic E-state index is 6.34. The summed E-state index contributed by atoms with van der Waals surface area (Å²) in [6.45, 7) is 13.8. The molecular formula is C10H30N2O2Si3. The average molecular weight is 295 g/mol. The van der Waals surface area contributed by atoms with Crippen molar-refractivity contribution in [2.45, 2.75) is 51.7 Å². The van der Waals surface area contributed by atoms with E-state index in [0.29, 0.717) is 6.17 Å². The third kappa shape index (κ3) is 8.25. The lowest BCUT2D eigenvalue weighted by molar-refractivity contribution is 0.388. The van der Waals surface area contributed by atoms with Gasteiger partial charge in [0.25, 0.3) is 0 Å². The Labute approximate surface area is 110 Å². The highest BCUT2D eigenvalue weighted by atomic mass is 28.5. The minimum absolute atomic E-state index is 0.650. The van der Waals surface area contributed by atoms with E-state index in [-0.39, 0.29) is 0 Å². The second-order valence-electron chi connectivity index (χ2n) is 6.22. The van der Waals surface area contributed by atoms with Crippen LogP contribution in [-0.2, 0) is 8.23 Å². The van der Waals surface area contributed by atoms with Gasteiger partial charge in [-0.1, -0.05) is 0 Å². The standard InChI is InChI=1S/C10H30N2O2Si3/c1-15(2,9-7-8-11)13-17(5,6)14-16(3,4)10-12/h7-12H2,1-6H3. The molecule has 104 valence electrons. The van der Waals surface area contributed by atoms with Gasteiger partial charge in [0.1, 0.15) is 0 Å². The minimum atomic E-state index is -2.04. The summed E-state index contributed by atoms with van der Waals surface area (Å²) >= 11 is 0. The van der Waals surface area contributed by atoms with Crippen LogP contribution in [0.1, 0.15) is 6.42 Å². The van der Waals surface area contributed by atoms with Gasteiger partial charge in [-0.05, 0) is 58.3 Å². The topological polar surface area (TPSA) is 70.5 Å². The summed E-state index contributed by atoms with van der Waals surface area (Å²) in [5.41, 5.74) is 11.3. The molecule has 0 aromatic carbocycles. The van der Waals surface area contributed by atoms with Gasteiger partial charge in [0, 0.05) is 6.17 Å². The highest BCUT2D eigenvalue weighted by Gasteiger charge is 2.38. The lowest BCUT2D eigenvalue weighted by Crippen LogP contribution is -2.55. The van der Waals surface area contributed by atoms with Gasteiger partial charge in [0.15, 0.2) is 16.6 Å². The highest BCUT2D eigenvalue weighted by Crippen LogP contribution is 2.23. The van der Waals surface area contributed by atoms with Crippen molar-refractivity contribution in [1.29, 1.82) is 0 Å². The molecule has 0 bridgehead atoms. The summed E-state index contributed by atoms with van der Waals surface area (Å²) in [5.74, 6) is 0. The molecule has 0 aliphatic carbocycles. The molecule has 0 radical (unpaired) electrons. The Balaban J connectivity index is 4.42. The maximum Gasteiger partial charge on any atom is 0.311 e. The van der Waals surface area contributed by atoms with Gasteiger partial charge >= 0.3 is 8.56 Å². The molecule has 0 aromatic rings. The van der Waals surface area contributed by atoms with E-state index in [2.05, 4.69) is 39.3 Å². The van der Waals surface area contributed by atoms with Crippen LogP contribution in [0, 0.1) is 0 Å².